The highest BCUT2D eigenvalue weighted by Gasteiger charge is 2.14. The summed E-state index contributed by atoms with van der Waals surface area (Å²) in [6.07, 6.45) is 5.31. The minimum absolute atomic E-state index is 0.219. The van der Waals surface area contributed by atoms with Crippen molar-refractivity contribution in [3.05, 3.63) is 24.3 Å². The molecule has 0 atom stereocenters. The van der Waals surface area contributed by atoms with Crippen LogP contribution < -0.4 is 4.90 Å². The van der Waals surface area contributed by atoms with E-state index >= 15 is 0 Å². The van der Waals surface area contributed by atoms with Crippen molar-refractivity contribution in [2.45, 2.75) is 43.9 Å². The fraction of sp³-hybridized carbons (Fsp3) is 0.600. The summed E-state index contributed by atoms with van der Waals surface area (Å²) in [6, 6.07) is 6.72. The maximum Gasteiger partial charge on any atom is 0.296 e. The summed E-state index contributed by atoms with van der Waals surface area (Å²) in [7, 11) is 0.212. The van der Waals surface area contributed by atoms with Crippen molar-refractivity contribution < 1.29 is 12.6 Å². The maximum atomic E-state index is 12.0. The Kier molecular flexibility index (Phi) is 7.02. The molecule has 0 spiro atoms. The molecule has 1 rings (SSSR count). The van der Waals surface area contributed by atoms with Gasteiger partial charge in [-0.25, -0.2) is 0 Å². The molecule has 0 N–H and O–H groups in total. The van der Waals surface area contributed by atoms with Crippen LogP contribution in [0.1, 0.15) is 39.0 Å². The van der Waals surface area contributed by atoms with E-state index in [-0.39, 0.29) is 11.5 Å². The van der Waals surface area contributed by atoms with E-state index in [1.54, 1.807) is 24.3 Å². The number of benzene rings is 1. The van der Waals surface area contributed by atoms with Gasteiger partial charge >= 0.3 is 0 Å². The standard InChI is InChI=1S/C15H25NO3S/c1-4-5-6-7-8-13-19-20(17,18)15-11-9-14(10-12-15)16(2)3/h9-12H,4-8,13H2,1-3H3. The first-order valence-electron chi connectivity index (χ1n) is 7.14. The third-order valence-electron chi connectivity index (χ3n) is 3.13. The SMILES string of the molecule is CCCCCCCOS(=O)(=O)c1ccc(N(C)C)cc1. The Morgan fingerprint density at radius 3 is 2.15 bits per heavy atom. The molecule has 20 heavy (non-hydrogen) atoms. The van der Waals surface area contributed by atoms with Crippen molar-refractivity contribution in [1.82, 2.24) is 0 Å². The molecule has 0 saturated carbocycles. The molecule has 0 aliphatic rings. The monoisotopic (exact) mass is 299 g/mol. The zero-order chi connectivity index (χ0) is 15.0. The van der Waals surface area contributed by atoms with Gasteiger partial charge in [0.05, 0.1) is 11.5 Å². The van der Waals surface area contributed by atoms with Crippen molar-refractivity contribution in [3.63, 3.8) is 0 Å². The van der Waals surface area contributed by atoms with Crippen LogP contribution in [0.3, 0.4) is 0 Å². The molecule has 0 aliphatic heterocycles. The second kappa shape index (κ2) is 8.27. The Balaban J connectivity index is 2.47. The molecular formula is C15H25NO3S. The molecule has 114 valence electrons. The highest BCUT2D eigenvalue weighted by molar-refractivity contribution is 7.86. The lowest BCUT2D eigenvalue weighted by Crippen LogP contribution is -2.10. The molecule has 0 saturated heterocycles. The summed E-state index contributed by atoms with van der Waals surface area (Å²) in [5.74, 6) is 0. The van der Waals surface area contributed by atoms with Crippen LogP contribution in [0.4, 0.5) is 5.69 Å². The Morgan fingerprint density at radius 2 is 1.60 bits per heavy atom. The van der Waals surface area contributed by atoms with E-state index in [0.717, 1.165) is 24.9 Å². The molecule has 0 bridgehead atoms. The molecule has 0 radical (unpaired) electrons. The first-order chi connectivity index (χ1) is 9.47. The number of unbranched alkanes of at least 4 members (excludes halogenated alkanes) is 4. The van der Waals surface area contributed by atoms with Crippen molar-refractivity contribution in [2.24, 2.45) is 0 Å². The number of hydrogen-bond acceptors (Lipinski definition) is 4. The van der Waals surface area contributed by atoms with E-state index in [1.165, 1.54) is 12.8 Å². The number of rotatable bonds is 9. The van der Waals surface area contributed by atoms with Crippen LogP contribution in [0, 0.1) is 0 Å². The van der Waals surface area contributed by atoms with Crippen LogP contribution in [0.2, 0.25) is 0 Å². The molecule has 0 heterocycles. The Hall–Kier alpha value is -1.07. The predicted molar refractivity (Wildman–Crippen MR) is 82.7 cm³/mol. The minimum Gasteiger partial charge on any atom is -0.378 e. The van der Waals surface area contributed by atoms with Gasteiger partial charge in [0.25, 0.3) is 10.1 Å². The van der Waals surface area contributed by atoms with Crippen molar-refractivity contribution in [2.75, 3.05) is 25.6 Å². The number of hydrogen-bond donors (Lipinski definition) is 0. The van der Waals surface area contributed by atoms with Crippen LogP contribution in [-0.2, 0) is 14.3 Å². The molecule has 0 unspecified atom stereocenters. The van der Waals surface area contributed by atoms with E-state index < -0.39 is 10.1 Å². The molecule has 0 fully saturated rings. The summed E-state index contributed by atoms with van der Waals surface area (Å²) in [5, 5.41) is 0. The average molecular weight is 299 g/mol. The third kappa shape index (κ3) is 5.51. The van der Waals surface area contributed by atoms with Gasteiger partial charge in [0.1, 0.15) is 0 Å². The summed E-state index contributed by atoms with van der Waals surface area (Å²) in [5.41, 5.74) is 0.962. The van der Waals surface area contributed by atoms with Crippen LogP contribution >= 0.6 is 0 Å². The van der Waals surface area contributed by atoms with Crippen molar-refractivity contribution in [1.29, 1.82) is 0 Å². The Morgan fingerprint density at radius 1 is 1.00 bits per heavy atom. The lowest BCUT2D eigenvalue weighted by Gasteiger charge is -2.12. The van der Waals surface area contributed by atoms with E-state index in [4.69, 9.17) is 4.18 Å². The van der Waals surface area contributed by atoms with Gasteiger partial charge in [-0.2, -0.15) is 8.42 Å². The van der Waals surface area contributed by atoms with Crippen LogP contribution in [0.15, 0.2) is 29.2 Å². The quantitative estimate of drug-likeness (QED) is 0.518. The molecule has 1 aromatic carbocycles. The first-order valence-corrected chi connectivity index (χ1v) is 8.55. The second-order valence-corrected chi connectivity index (χ2v) is 6.69. The second-order valence-electron chi connectivity index (χ2n) is 5.08. The highest BCUT2D eigenvalue weighted by atomic mass is 32.2. The third-order valence-corrected chi connectivity index (χ3v) is 4.45. The zero-order valence-electron chi connectivity index (χ0n) is 12.6. The highest BCUT2D eigenvalue weighted by Crippen LogP contribution is 2.18. The average Bonchev–Trinajstić information content (AvgIpc) is 2.43. The van der Waals surface area contributed by atoms with Crippen LogP contribution in [0.25, 0.3) is 0 Å². The summed E-state index contributed by atoms with van der Waals surface area (Å²) in [4.78, 5) is 2.14. The summed E-state index contributed by atoms with van der Waals surface area (Å²) in [6.45, 7) is 2.42. The Labute approximate surface area is 122 Å². The van der Waals surface area contributed by atoms with Crippen LogP contribution in [0.5, 0.6) is 0 Å². The molecule has 5 heteroatoms. The lowest BCUT2D eigenvalue weighted by molar-refractivity contribution is 0.306. The molecule has 1 aromatic rings. The Bertz CT molecular complexity index is 480. The van der Waals surface area contributed by atoms with Gasteiger partial charge in [0, 0.05) is 19.8 Å². The van der Waals surface area contributed by atoms with E-state index in [1.807, 2.05) is 19.0 Å². The fourth-order valence-electron chi connectivity index (χ4n) is 1.85. The first kappa shape index (κ1) is 17.0. The fourth-order valence-corrected chi connectivity index (χ4v) is 2.80. The number of anilines is 1. The summed E-state index contributed by atoms with van der Waals surface area (Å²) >= 11 is 0. The van der Waals surface area contributed by atoms with Gasteiger partial charge in [-0.1, -0.05) is 32.6 Å². The molecule has 0 aromatic heterocycles. The van der Waals surface area contributed by atoms with Gasteiger partial charge < -0.3 is 4.90 Å². The summed E-state index contributed by atoms with van der Waals surface area (Å²) < 4.78 is 29.0. The van der Waals surface area contributed by atoms with E-state index in [9.17, 15) is 8.42 Å². The van der Waals surface area contributed by atoms with E-state index in [0.29, 0.717) is 0 Å². The maximum absolute atomic E-state index is 12.0. The van der Waals surface area contributed by atoms with Gasteiger partial charge in [-0.05, 0) is 30.7 Å². The normalized spacial score (nSPS) is 11.6. The van der Waals surface area contributed by atoms with Gasteiger partial charge in [-0.3, -0.25) is 4.18 Å². The topological polar surface area (TPSA) is 46.6 Å². The van der Waals surface area contributed by atoms with Crippen molar-refractivity contribution >= 4 is 15.8 Å². The largest absolute Gasteiger partial charge is 0.378 e. The van der Waals surface area contributed by atoms with Gasteiger partial charge in [0.15, 0.2) is 0 Å². The molecule has 0 amide bonds. The number of nitrogens with zero attached hydrogens (tertiary/aromatic N) is 1. The van der Waals surface area contributed by atoms with E-state index in [2.05, 4.69) is 6.92 Å². The van der Waals surface area contributed by atoms with Gasteiger partial charge in [0.2, 0.25) is 0 Å². The lowest BCUT2D eigenvalue weighted by atomic mass is 10.2. The molecule has 0 aliphatic carbocycles. The predicted octanol–water partition coefficient (Wildman–Crippen LogP) is 3.43. The van der Waals surface area contributed by atoms with Gasteiger partial charge in [-0.15, -0.1) is 0 Å². The minimum atomic E-state index is -3.61. The van der Waals surface area contributed by atoms with Crippen molar-refractivity contribution in [3.8, 4) is 0 Å². The zero-order valence-corrected chi connectivity index (χ0v) is 13.4. The van der Waals surface area contributed by atoms with Crippen LogP contribution in [-0.4, -0.2) is 29.1 Å². The smallest absolute Gasteiger partial charge is 0.296 e. The molecular weight excluding hydrogens is 274 g/mol. The molecule has 4 nitrogen and oxygen atoms in total.